The maximum absolute atomic E-state index is 5.75. The number of rotatable bonds is 6. The van der Waals surface area contributed by atoms with Gasteiger partial charge in [-0.1, -0.05) is 13.8 Å². The van der Waals surface area contributed by atoms with Crippen molar-refractivity contribution in [3.63, 3.8) is 0 Å². The van der Waals surface area contributed by atoms with Crippen LogP contribution >= 0.6 is 15.9 Å². The standard InChI is InChI=1S/C16H24BrNO2/c1-12(2)5-3-6-18-11-13-9-14(17)16-15(10-13)19-7-4-8-20-16/h9-10,12,18H,3-8,11H2,1-2H3. The van der Waals surface area contributed by atoms with Crippen LogP contribution in [0.5, 0.6) is 11.5 Å². The van der Waals surface area contributed by atoms with Crippen molar-refractivity contribution in [1.29, 1.82) is 0 Å². The summed E-state index contributed by atoms with van der Waals surface area (Å²) in [6.07, 6.45) is 3.44. The van der Waals surface area contributed by atoms with Crippen molar-refractivity contribution in [2.24, 2.45) is 5.92 Å². The molecule has 1 aliphatic rings. The van der Waals surface area contributed by atoms with Gasteiger partial charge in [-0.2, -0.15) is 0 Å². The molecular weight excluding hydrogens is 318 g/mol. The van der Waals surface area contributed by atoms with Gasteiger partial charge in [0.05, 0.1) is 17.7 Å². The first-order valence-electron chi connectivity index (χ1n) is 7.45. The lowest BCUT2D eigenvalue weighted by Gasteiger charge is -2.12. The lowest BCUT2D eigenvalue weighted by Crippen LogP contribution is -2.15. The molecule has 2 rings (SSSR count). The van der Waals surface area contributed by atoms with Crippen molar-refractivity contribution >= 4 is 15.9 Å². The highest BCUT2D eigenvalue weighted by Crippen LogP contribution is 2.38. The van der Waals surface area contributed by atoms with Crippen LogP contribution in [0.2, 0.25) is 0 Å². The van der Waals surface area contributed by atoms with Gasteiger partial charge in [0.2, 0.25) is 0 Å². The molecular formula is C16H24BrNO2. The highest BCUT2D eigenvalue weighted by atomic mass is 79.9. The van der Waals surface area contributed by atoms with Crippen molar-refractivity contribution < 1.29 is 9.47 Å². The van der Waals surface area contributed by atoms with E-state index in [2.05, 4.69) is 47.2 Å². The molecule has 0 atom stereocenters. The van der Waals surface area contributed by atoms with Gasteiger partial charge in [-0.3, -0.25) is 0 Å². The van der Waals surface area contributed by atoms with Crippen LogP contribution in [0, 0.1) is 5.92 Å². The Hall–Kier alpha value is -0.740. The van der Waals surface area contributed by atoms with Gasteiger partial charge < -0.3 is 14.8 Å². The van der Waals surface area contributed by atoms with Crippen molar-refractivity contribution in [1.82, 2.24) is 5.32 Å². The van der Waals surface area contributed by atoms with Gasteiger partial charge in [-0.15, -0.1) is 0 Å². The van der Waals surface area contributed by atoms with Crippen LogP contribution < -0.4 is 14.8 Å². The summed E-state index contributed by atoms with van der Waals surface area (Å²) >= 11 is 3.58. The largest absolute Gasteiger partial charge is 0.490 e. The first kappa shape index (κ1) is 15.6. The van der Waals surface area contributed by atoms with Crippen molar-refractivity contribution in [2.75, 3.05) is 19.8 Å². The molecule has 1 N–H and O–H groups in total. The number of fused-ring (bicyclic) bond motifs is 1. The van der Waals surface area contributed by atoms with Gasteiger partial charge in [0, 0.05) is 13.0 Å². The van der Waals surface area contributed by atoms with Crippen LogP contribution in [-0.4, -0.2) is 19.8 Å². The normalized spacial score (nSPS) is 14.4. The number of hydrogen-bond donors (Lipinski definition) is 1. The highest BCUT2D eigenvalue weighted by Gasteiger charge is 2.15. The second-order valence-electron chi connectivity index (χ2n) is 5.67. The van der Waals surface area contributed by atoms with Crippen LogP contribution in [0.15, 0.2) is 16.6 Å². The summed E-state index contributed by atoms with van der Waals surface area (Å²) in [5.74, 6) is 2.48. The average molecular weight is 342 g/mol. The molecule has 0 unspecified atom stereocenters. The second-order valence-corrected chi connectivity index (χ2v) is 6.52. The van der Waals surface area contributed by atoms with Crippen molar-refractivity contribution in [3.8, 4) is 11.5 Å². The number of ether oxygens (including phenoxy) is 2. The lowest BCUT2D eigenvalue weighted by molar-refractivity contribution is 0.296. The van der Waals surface area contributed by atoms with Crippen LogP contribution in [-0.2, 0) is 6.54 Å². The van der Waals surface area contributed by atoms with Crippen LogP contribution in [0.3, 0.4) is 0 Å². The molecule has 0 amide bonds. The zero-order valence-electron chi connectivity index (χ0n) is 12.4. The zero-order chi connectivity index (χ0) is 14.4. The Balaban J connectivity index is 1.89. The third kappa shape index (κ3) is 4.67. The summed E-state index contributed by atoms with van der Waals surface area (Å²) in [4.78, 5) is 0. The van der Waals surface area contributed by atoms with Gasteiger partial charge in [-0.25, -0.2) is 0 Å². The van der Waals surface area contributed by atoms with Crippen molar-refractivity contribution in [3.05, 3.63) is 22.2 Å². The van der Waals surface area contributed by atoms with E-state index in [0.29, 0.717) is 0 Å². The number of nitrogens with one attached hydrogen (secondary N) is 1. The van der Waals surface area contributed by atoms with Gasteiger partial charge in [0.15, 0.2) is 11.5 Å². The monoisotopic (exact) mass is 341 g/mol. The topological polar surface area (TPSA) is 30.5 Å². The first-order valence-corrected chi connectivity index (χ1v) is 8.25. The number of hydrogen-bond acceptors (Lipinski definition) is 3. The van der Waals surface area contributed by atoms with Crippen LogP contribution in [0.4, 0.5) is 0 Å². The molecule has 1 aromatic rings. The van der Waals surface area contributed by atoms with E-state index in [1.54, 1.807) is 0 Å². The van der Waals surface area contributed by atoms with E-state index in [4.69, 9.17) is 9.47 Å². The third-order valence-electron chi connectivity index (χ3n) is 3.33. The van der Waals surface area contributed by atoms with E-state index in [1.165, 1.54) is 18.4 Å². The van der Waals surface area contributed by atoms with E-state index in [-0.39, 0.29) is 0 Å². The van der Waals surface area contributed by atoms with Gasteiger partial charge in [0.25, 0.3) is 0 Å². The maximum Gasteiger partial charge on any atom is 0.175 e. The Morgan fingerprint density at radius 3 is 2.85 bits per heavy atom. The minimum Gasteiger partial charge on any atom is -0.490 e. The predicted octanol–water partition coefficient (Wildman–Crippen LogP) is 4.14. The second kappa shape index (κ2) is 7.89. The number of benzene rings is 1. The van der Waals surface area contributed by atoms with E-state index >= 15 is 0 Å². The van der Waals surface area contributed by atoms with E-state index < -0.39 is 0 Å². The molecule has 4 heteroatoms. The molecule has 1 aromatic carbocycles. The molecule has 0 radical (unpaired) electrons. The molecule has 0 saturated heterocycles. The Bertz CT molecular complexity index is 435. The summed E-state index contributed by atoms with van der Waals surface area (Å²) in [5.41, 5.74) is 1.23. The third-order valence-corrected chi connectivity index (χ3v) is 3.92. The molecule has 0 aromatic heterocycles. The minimum absolute atomic E-state index is 0.721. The quantitative estimate of drug-likeness (QED) is 0.789. The molecule has 0 fully saturated rings. The average Bonchev–Trinajstić information content (AvgIpc) is 2.63. The highest BCUT2D eigenvalue weighted by molar-refractivity contribution is 9.10. The Labute approximate surface area is 130 Å². The SMILES string of the molecule is CC(C)CCCNCc1cc(Br)c2c(c1)OCCCO2. The lowest BCUT2D eigenvalue weighted by atomic mass is 10.1. The first-order chi connectivity index (χ1) is 9.66. The van der Waals surface area contributed by atoms with E-state index in [1.807, 2.05) is 0 Å². The summed E-state index contributed by atoms with van der Waals surface area (Å²) in [7, 11) is 0. The molecule has 0 spiro atoms. The van der Waals surface area contributed by atoms with E-state index in [0.717, 1.165) is 54.6 Å². The molecule has 3 nitrogen and oxygen atoms in total. The van der Waals surface area contributed by atoms with Crippen LogP contribution in [0.1, 0.15) is 38.7 Å². The van der Waals surface area contributed by atoms with Gasteiger partial charge in [0.1, 0.15) is 0 Å². The summed E-state index contributed by atoms with van der Waals surface area (Å²) in [6, 6.07) is 4.20. The van der Waals surface area contributed by atoms with Gasteiger partial charge in [-0.05, 0) is 58.9 Å². The summed E-state index contributed by atoms with van der Waals surface area (Å²) < 4.78 is 12.4. The molecule has 0 saturated carbocycles. The Morgan fingerprint density at radius 2 is 2.05 bits per heavy atom. The predicted molar refractivity (Wildman–Crippen MR) is 85.5 cm³/mol. The Kier molecular flexibility index (Phi) is 6.17. The van der Waals surface area contributed by atoms with E-state index in [9.17, 15) is 0 Å². The fourth-order valence-corrected chi connectivity index (χ4v) is 2.86. The Morgan fingerprint density at radius 1 is 1.25 bits per heavy atom. The zero-order valence-corrected chi connectivity index (χ0v) is 14.0. The van der Waals surface area contributed by atoms with Crippen molar-refractivity contribution in [2.45, 2.75) is 39.7 Å². The summed E-state index contributed by atoms with van der Waals surface area (Å²) in [6.45, 7) is 7.91. The van der Waals surface area contributed by atoms with Crippen LogP contribution in [0.25, 0.3) is 0 Å². The fourth-order valence-electron chi connectivity index (χ4n) is 2.25. The molecule has 0 bridgehead atoms. The fraction of sp³-hybridized carbons (Fsp3) is 0.625. The minimum atomic E-state index is 0.721. The maximum atomic E-state index is 5.75. The molecule has 112 valence electrons. The number of halogens is 1. The smallest absolute Gasteiger partial charge is 0.175 e. The molecule has 1 heterocycles. The summed E-state index contributed by atoms with van der Waals surface area (Å²) in [5, 5.41) is 3.49. The molecule has 0 aliphatic carbocycles. The van der Waals surface area contributed by atoms with Gasteiger partial charge >= 0.3 is 0 Å². The molecule has 1 aliphatic heterocycles. The molecule has 20 heavy (non-hydrogen) atoms.